The van der Waals surface area contributed by atoms with Crippen LogP contribution in [-0.2, 0) is 12.8 Å². The lowest BCUT2D eigenvalue weighted by atomic mass is 10.0. The van der Waals surface area contributed by atoms with Crippen LogP contribution in [0.3, 0.4) is 0 Å². The lowest BCUT2D eigenvalue weighted by molar-refractivity contribution is 0.153. The van der Waals surface area contributed by atoms with Crippen LogP contribution in [0.1, 0.15) is 24.0 Å². The Labute approximate surface area is 203 Å². The molecular formula is C28H40N4S. The minimum Gasteiger partial charge on any atom is -0.304 e. The van der Waals surface area contributed by atoms with E-state index in [2.05, 4.69) is 70.1 Å². The molecule has 4 nitrogen and oxygen atoms in total. The average Bonchev–Trinajstić information content (AvgIpc) is 3.19. The minimum atomic E-state index is 1.18. The van der Waals surface area contributed by atoms with E-state index in [4.69, 9.17) is 0 Å². The molecule has 5 rings (SSSR count). The number of hydrogen-bond acceptors (Lipinski definition) is 5. The first kappa shape index (κ1) is 23.3. The number of thiophene rings is 1. The molecule has 0 aliphatic carbocycles. The molecule has 33 heavy (non-hydrogen) atoms. The zero-order valence-corrected chi connectivity index (χ0v) is 21.4. The molecule has 2 aliphatic rings. The van der Waals surface area contributed by atoms with Crippen molar-refractivity contribution in [3.8, 4) is 0 Å². The second kappa shape index (κ2) is 10.8. The van der Waals surface area contributed by atoms with Gasteiger partial charge in [0, 0.05) is 72.5 Å². The van der Waals surface area contributed by atoms with Crippen LogP contribution in [0.25, 0.3) is 20.2 Å². The highest BCUT2D eigenvalue weighted by Crippen LogP contribution is 2.35. The zero-order chi connectivity index (χ0) is 22.6. The molecule has 1 aromatic heterocycles. The Morgan fingerprint density at radius 3 is 1.45 bits per heavy atom. The van der Waals surface area contributed by atoms with Crippen molar-refractivity contribution in [2.45, 2.75) is 25.7 Å². The van der Waals surface area contributed by atoms with Gasteiger partial charge in [0.25, 0.3) is 0 Å². The maximum atomic E-state index is 2.63. The molecule has 0 atom stereocenters. The van der Waals surface area contributed by atoms with Crippen LogP contribution >= 0.6 is 11.3 Å². The molecular weight excluding hydrogens is 424 g/mol. The summed E-state index contributed by atoms with van der Waals surface area (Å²) in [6.07, 6.45) is 4.89. The maximum Gasteiger partial charge on any atom is 0.0355 e. The van der Waals surface area contributed by atoms with Gasteiger partial charge < -0.3 is 19.6 Å². The molecule has 3 aromatic rings. The molecule has 0 spiro atoms. The summed E-state index contributed by atoms with van der Waals surface area (Å²) in [6, 6.07) is 14.4. The van der Waals surface area contributed by atoms with Gasteiger partial charge in [0.05, 0.1) is 0 Å². The number of nitrogens with zero attached hydrogens (tertiary/aromatic N) is 4. The predicted octanol–water partition coefficient (Wildman–Crippen LogP) is 4.41. The second-order valence-electron chi connectivity index (χ2n) is 10.3. The van der Waals surface area contributed by atoms with E-state index in [-0.39, 0.29) is 0 Å². The Morgan fingerprint density at radius 2 is 1.03 bits per heavy atom. The van der Waals surface area contributed by atoms with Crippen molar-refractivity contribution in [1.29, 1.82) is 0 Å². The third kappa shape index (κ3) is 5.95. The molecule has 0 unspecified atom stereocenters. The highest BCUT2D eigenvalue weighted by atomic mass is 32.1. The molecule has 2 saturated heterocycles. The fourth-order valence-corrected chi connectivity index (χ4v) is 6.41. The van der Waals surface area contributed by atoms with Gasteiger partial charge in [-0.15, -0.1) is 11.3 Å². The van der Waals surface area contributed by atoms with E-state index in [0.29, 0.717) is 0 Å². The van der Waals surface area contributed by atoms with E-state index in [1.54, 1.807) is 0 Å². The lowest BCUT2D eigenvalue weighted by Crippen LogP contribution is -2.44. The number of benzene rings is 2. The van der Waals surface area contributed by atoms with Crippen LogP contribution < -0.4 is 0 Å². The van der Waals surface area contributed by atoms with Crippen molar-refractivity contribution in [3.05, 3.63) is 47.5 Å². The highest BCUT2D eigenvalue weighted by Gasteiger charge is 2.14. The minimum absolute atomic E-state index is 1.18. The first-order valence-corrected chi connectivity index (χ1v) is 13.7. The van der Waals surface area contributed by atoms with Crippen molar-refractivity contribution in [2.24, 2.45) is 0 Å². The number of piperazine rings is 2. The molecule has 2 aromatic carbocycles. The van der Waals surface area contributed by atoms with Crippen molar-refractivity contribution < 1.29 is 0 Å². The summed E-state index contributed by atoms with van der Waals surface area (Å²) in [5.74, 6) is 0. The normalized spacial score (nSPS) is 19.7. The molecule has 0 amide bonds. The SMILES string of the molecule is CN1CCN(CCCc2ccc3sc4ccc(CCCN5CCN(C)CC5)cc4c3c2)CC1. The van der Waals surface area contributed by atoms with E-state index in [1.165, 1.54) is 122 Å². The van der Waals surface area contributed by atoms with Crippen LogP contribution in [0.15, 0.2) is 36.4 Å². The summed E-state index contributed by atoms with van der Waals surface area (Å²) in [4.78, 5) is 10.1. The number of aryl methyl sites for hydroxylation is 2. The van der Waals surface area contributed by atoms with Gasteiger partial charge in [0.1, 0.15) is 0 Å². The van der Waals surface area contributed by atoms with Gasteiger partial charge in [0.15, 0.2) is 0 Å². The quantitative estimate of drug-likeness (QED) is 0.489. The number of likely N-dealkylation sites (N-methyl/N-ethyl adjacent to an activating group) is 2. The summed E-state index contributed by atoms with van der Waals surface area (Å²) in [6.45, 7) is 12.2. The molecule has 0 bridgehead atoms. The molecule has 0 N–H and O–H groups in total. The smallest absolute Gasteiger partial charge is 0.0355 e. The zero-order valence-electron chi connectivity index (χ0n) is 20.6. The Morgan fingerprint density at radius 1 is 0.606 bits per heavy atom. The predicted molar refractivity (Wildman–Crippen MR) is 144 cm³/mol. The monoisotopic (exact) mass is 464 g/mol. The van der Waals surface area contributed by atoms with Crippen LogP contribution in [0.4, 0.5) is 0 Å². The van der Waals surface area contributed by atoms with Crippen molar-refractivity contribution in [2.75, 3.05) is 79.5 Å². The fourth-order valence-electron chi connectivity index (χ4n) is 5.34. The topological polar surface area (TPSA) is 13.0 Å². The fraction of sp³-hybridized carbons (Fsp3) is 0.571. The van der Waals surface area contributed by atoms with Crippen LogP contribution in [0, 0.1) is 0 Å². The first-order chi connectivity index (χ1) is 16.1. The lowest BCUT2D eigenvalue weighted by Gasteiger charge is -2.32. The third-order valence-electron chi connectivity index (χ3n) is 7.67. The summed E-state index contributed by atoms with van der Waals surface area (Å²) in [7, 11) is 4.47. The first-order valence-electron chi connectivity index (χ1n) is 12.9. The average molecular weight is 465 g/mol. The molecule has 0 saturated carbocycles. The summed E-state index contributed by atoms with van der Waals surface area (Å²) < 4.78 is 2.87. The van der Waals surface area contributed by atoms with Gasteiger partial charge in [-0.05, 0) is 88.3 Å². The Kier molecular flexibility index (Phi) is 7.63. The van der Waals surface area contributed by atoms with Crippen LogP contribution in [0.2, 0.25) is 0 Å². The second-order valence-corrected chi connectivity index (χ2v) is 11.3. The van der Waals surface area contributed by atoms with Crippen LogP contribution in [0.5, 0.6) is 0 Å². The molecule has 178 valence electrons. The third-order valence-corrected chi connectivity index (χ3v) is 8.82. The molecule has 3 heterocycles. The molecule has 5 heteroatoms. The van der Waals surface area contributed by atoms with Crippen LogP contribution in [-0.4, -0.2) is 99.1 Å². The Balaban J connectivity index is 1.20. The van der Waals surface area contributed by atoms with Crippen molar-refractivity contribution in [3.63, 3.8) is 0 Å². The number of rotatable bonds is 8. The maximum absolute atomic E-state index is 2.63. The van der Waals surface area contributed by atoms with Gasteiger partial charge in [0.2, 0.25) is 0 Å². The number of hydrogen-bond donors (Lipinski definition) is 0. The van der Waals surface area contributed by atoms with E-state index < -0.39 is 0 Å². The molecule has 2 fully saturated rings. The summed E-state index contributed by atoms with van der Waals surface area (Å²) in [5, 5.41) is 2.93. The van der Waals surface area contributed by atoms with Crippen molar-refractivity contribution >= 4 is 31.5 Å². The standard InChI is InChI=1S/C28H40N4S/c1-29-13-17-31(18-14-29)11-3-5-23-7-9-27-25(21-23)26-22-24(8-10-28(26)33-27)6-4-12-32-19-15-30(2)16-20-32/h7-10,21-22H,3-6,11-20H2,1-2H3. The van der Waals surface area contributed by atoms with E-state index in [9.17, 15) is 0 Å². The van der Waals surface area contributed by atoms with Gasteiger partial charge in [-0.3, -0.25) is 0 Å². The largest absolute Gasteiger partial charge is 0.304 e. The molecule has 0 radical (unpaired) electrons. The van der Waals surface area contributed by atoms with E-state index >= 15 is 0 Å². The van der Waals surface area contributed by atoms with Gasteiger partial charge >= 0.3 is 0 Å². The van der Waals surface area contributed by atoms with Gasteiger partial charge in [-0.2, -0.15) is 0 Å². The highest BCUT2D eigenvalue weighted by molar-refractivity contribution is 7.25. The van der Waals surface area contributed by atoms with E-state index in [0.717, 1.165) is 0 Å². The summed E-state index contributed by atoms with van der Waals surface area (Å²) in [5.41, 5.74) is 2.99. The van der Waals surface area contributed by atoms with Gasteiger partial charge in [-0.25, -0.2) is 0 Å². The Hall–Kier alpha value is -1.50. The Bertz CT molecular complexity index is 962. The van der Waals surface area contributed by atoms with Crippen molar-refractivity contribution in [1.82, 2.24) is 19.6 Å². The number of fused-ring (bicyclic) bond motifs is 3. The van der Waals surface area contributed by atoms with E-state index in [1.807, 2.05) is 11.3 Å². The van der Waals surface area contributed by atoms with Gasteiger partial charge in [-0.1, -0.05) is 12.1 Å². The molecule has 2 aliphatic heterocycles. The summed E-state index contributed by atoms with van der Waals surface area (Å²) >= 11 is 1.95.